The molecule has 6 heteroatoms. The highest BCUT2D eigenvalue weighted by atomic mass is 16.6. The van der Waals surface area contributed by atoms with Gasteiger partial charge in [-0.05, 0) is 12.8 Å². The van der Waals surface area contributed by atoms with E-state index >= 15 is 0 Å². The van der Waals surface area contributed by atoms with Crippen molar-refractivity contribution in [2.75, 3.05) is 13.2 Å². The predicted molar refractivity (Wildman–Crippen MR) is 187 cm³/mol. The Morgan fingerprint density at radius 3 is 1.02 bits per heavy atom. The number of carbonyl (C=O) groups is 3. The Hall–Kier alpha value is -1.59. The first-order valence-corrected chi connectivity index (χ1v) is 19.5. The monoisotopic (exact) mass is 639 g/mol. The van der Waals surface area contributed by atoms with Crippen molar-refractivity contribution in [1.29, 1.82) is 0 Å². The smallest absolute Gasteiger partial charge is 0.306 e. The topological polar surface area (TPSA) is 78.9 Å². The van der Waals surface area contributed by atoms with Crippen molar-refractivity contribution in [3.8, 4) is 0 Å². The summed E-state index contributed by atoms with van der Waals surface area (Å²) in [6.07, 6.45) is 35.4. The molecule has 1 unspecified atom stereocenters. The van der Waals surface area contributed by atoms with Crippen LogP contribution in [0, 0.1) is 0 Å². The SMILES string of the molecule is CCCCCCCCCCCCCCCCCC(=O)OC(COC(C)=O)COC(=O)CCCCCCCCCCCCCCC. The van der Waals surface area contributed by atoms with E-state index in [0.29, 0.717) is 12.8 Å². The van der Waals surface area contributed by atoms with Gasteiger partial charge in [-0.3, -0.25) is 14.4 Å². The molecule has 0 saturated carbocycles. The Labute approximate surface area is 278 Å². The quantitative estimate of drug-likeness (QED) is 0.0390. The van der Waals surface area contributed by atoms with Crippen LogP contribution >= 0.6 is 0 Å². The standard InChI is InChI=1S/C39H74O6/c1-4-6-8-10-12-14-16-18-19-21-23-25-27-29-31-33-39(42)45-37(34-43-36(3)40)35-44-38(41)32-30-28-26-24-22-20-17-15-13-11-9-7-5-2/h37H,4-35H2,1-3H3. The van der Waals surface area contributed by atoms with Crippen LogP contribution in [0.1, 0.15) is 213 Å². The number of esters is 3. The number of carbonyl (C=O) groups excluding carboxylic acids is 3. The van der Waals surface area contributed by atoms with E-state index in [1.807, 2.05) is 0 Å². The van der Waals surface area contributed by atoms with Crippen LogP contribution in [0.15, 0.2) is 0 Å². The van der Waals surface area contributed by atoms with Crippen LogP contribution in [-0.2, 0) is 28.6 Å². The predicted octanol–water partition coefficient (Wildman–Crippen LogP) is 11.7. The Bertz CT molecular complexity index is 664. The molecule has 0 amide bonds. The zero-order valence-corrected chi connectivity index (χ0v) is 30.2. The van der Waals surface area contributed by atoms with E-state index in [4.69, 9.17) is 14.2 Å². The first-order chi connectivity index (χ1) is 22.0. The highest BCUT2D eigenvalue weighted by molar-refractivity contribution is 5.70. The Morgan fingerprint density at radius 1 is 0.400 bits per heavy atom. The molecule has 0 aliphatic heterocycles. The fourth-order valence-corrected chi connectivity index (χ4v) is 5.76. The van der Waals surface area contributed by atoms with Crippen LogP contribution in [0.3, 0.4) is 0 Å². The lowest BCUT2D eigenvalue weighted by Crippen LogP contribution is -2.30. The first kappa shape index (κ1) is 43.4. The molecule has 6 nitrogen and oxygen atoms in total. The number of unbranched alkanes of at least 4 members (excludes halogenated alkanes) is 26. The van der Waals surface area contributed by atoms with Crippen LogP contribution < -0.4 is 0 Å². The van der Waals surface area contributed by atoms with Gasteiger partial charge in [-0.2, -0.15) is 0 Å². The van der Waals surface area contributed by atoms with Gasteiger partial charge in [0.15, 0.2) is 6.10 Å². The molecule has 0 aliphatic rings. The molecule has 0 spiro atoms. The molecule has 0 aromatic heterocycles. The Morgan fingerprint density at radius 2 is 0.689 bits per heavy atom. The third-order valence-corrected chi connectivity index (χ3v) is 8.67. The minimum absolute atomic E-state index is 0.0743. The van der Waals surface area contributed by atoms with E-state index < -0.39 is 12.1 Å². The fourth-order valence-electron chi connectivity index (χ4n) is 5.76. The normalized spacial score (nSPS) is 11.8. The van der Waals surface area contributed by atoms with Gasteiger partial charge in [0.2, 0.25) is 0 Å². The van der Waals surface area contributed by atoms with Crippen molar-refractivity contribution in [3.05, 3.63) is 0 Å². The van der Waals surface area contributed by atoms with Gasteiger partial charge in [0.1, 0.15) is 13.2 Å². The second-order valence-electron chi connectivity index (χ2n) is 13.3. The van der Waals surface area contributed by atoms with Gasteiger partial charge in [0, 0.05) is 19.8 Å². The maximum absolute atomic E-state index is 12.4. The zero-order valence-electron chi connectivity index (χ0n) is 30.2. The molecule has 266 valence electrons. The summed E-state index contributed by atoms with van der Waals surface area (Å²) in [7, 11) is 0. The van der Waals surface area contributed by atoms with Gasteiger partial charge in [-0.25, -0.2) is 0 Å². The third-order valence-electron chi connectivity index (χ3n) is 8.67. The highest BCUT2D eigenvalue weighted by Gasteiger charge is 2.18. The highest BCUT2D eigenvalue weighted by Crippen LogP contribution is 2.15. The maximum atomic E-state index is 12.4. The zero-order chi connectivity index (χ0) is 33.1. The molecule has 0 heterocycles. The second kappa shape index (κ2) is 35.3. The summed E-state index contributed by atoms with van der Waals surface area (Å²) in [5.41, 5.74) is 0. The van der Waals surface area contributed by atoms with Gasteiger partial charge in [-0.15, -0.1) is 0 Å². The molecular weight excluding hydrogens is 564 g/mol. The molecule has 0 aliphatic carbocycles. The van der Waals surface area contributed by atoms with Crippen molar-refractivity contribution < 1.29 is 28.6 Å². The average molecular weight is 639 g/mol. The summed E-state index contributed by atoms with van der Waals surface area (Å²) in [5, 5.41) is 0. The molecule has 0 N–H and O–H groups in total. The number of rotatable bonds is 35. The van der Waals surface area contributed by atoms with Crippen LogP contribution in [0.5, 0.6) is 0 Å². The summed E-state index contributed by atoms with van der Waals surface area (Å²) in [6.45, 7) is 5.67. The van der Waals surface area contributed by atoms with Crippen LogP contribution in [0.2, 0.25) is 0 Å². The third kappa shape index (κ3) is 35.1. The molecular formula is C39H74O6. The van der Waals surface area contributed by atoms with Gasteiger partial charge in [-0.1, -0.05) is 181 Å². The van der Waals surface area contributed by atoms with Crippen molar-refractivity contribution in [3.63, 3.8) is 0 Å². The molecule has 0 aromatic carbocycles. The summed E-state index contributed by atoms with van der Waals surface area (Å²) in [4.78, 5) is 35.9. The minimum Gasteiger partial charge on any atom is -0.462 e. The lowest BCUT2D eigenvalue weighted by Gasteiger charge is -2.18. The second-order valence-corrected chi connectivity index (χ2v) is 13.3. The first-order valence-electron chi connectivity index (χ1n) is 19.5. The number of hydrogen-bond donors (Lipinski definition) is 0. The molecule has 0 bridgehead atoms. The van der Waals surface area contributed by atoms with Gasteiger partial charge in [0.05, 0.1) is 0 Å². The largest absolute Gasteiger partial charge is 0.462 e. The van der Waals surface area contributed by atoms with Crippen LogP contribution in [0.4, 0.5) is 0 Å². The molecule has 0 radical (unpaired) electrons. The van der Waals surface area contributed by atoms with E-state index in [9.17, 15) is 14.4 Å². The minimum atomic E-state index is -0.756. The van der Waals surface area contributed by atoms with E-state index in [-0.39, 0.29) is 25.2 Å². The van der Waals surface area contributed by atoms with E-state index in [2.05, 4.69) is 13.8 Å². The van der Waals surface area contributed by atoms with Crippen LogP contribution in [-0.4, -0.2) is 37.2 Å². The van der Waals surface area contributed by atoms with E-state index in [0.717, 1.165) is 38.5 Å². The maximum Gasteiger partial charge on any atom is 0.306 e. The molecule has 0 aromatic rings. The van der Waals surface area contributed by atoms with Crippen molar-refractivity contribution in [2.45, 2.75) is 219 Å². The summed E-state index contributed by atoms with van der Waals surface area (Å²) >= 11 is 0. The van der Waals surface area contributed by atoms with Gasteiger partial charge in [0.25, 0.3) is 0 Å². The fraction of sp³-hybridized carbons (Fsp3) is 0.923. The number of ether oxygens (including phenoxy) is 3. The van der Waals surface area contributed by atoms with Crippen molar-refractivity contribution >= 4 is 17.9 Å². The lowest BCUT2D eigenvalue weighted by molar-refractivity contribution is -0.166. The molecule has 0 rings (SSSR count). The summed E-state index contributed by atoms with van der Waals surface area (Å²) in [6, 6.07) is 0. The number of hydrogen-bond acceptors (Lipinski definition) is 6. The van der Waals surface area contributed by atoms with E-state index in [1.165, 1.54) is 148 Å². The van der Waals surface area contributed by atoms with Gasteiger partial charge < -0.3 is 14.2 Å². The van der Waals surface area contributed by atoms with Crippen molar-refractivity contribution in [2.24, 2.45) is 0 Å². The summed E-state index contributed by atoms with van der Waals surface area (Å²) in [5.74, 6) is -1.06. The molecule has 1 atom stereocenters. The van der Waals surface area contributed by atoms with E-state index in [1.54, 1.807) is 0 Å². The lowest BCUT2D eigenvalue weighted by atomic mass is 10.0. The average Bonchev–Trinajstić information content (AvgIpc) is 3.02. The van der Waals surface area contributed by atoms with Gasteiger partial charge >= 0.3 is 17.9 Å². The van der Waals surface area contributed by atoms with Crippen molar-refractivity contribution in [1.82, 2.24) is 0 Å². The molecule has 0 saturated heterocycles. The molecule has 45 heavy (non-hydrogen) atoms. The molecule has 0 fully saturated rings. The Kier molecular flexibility index (Phi) is 34.0. The van der Waals surface area contributed by atoms with Crippen LogP contribution in [0.25, 0.3) is 0 Å². The Balaban J connectivity index is 3.81. The summed E-state index contributed by atoms with van der Waals surface area (Å²) < 4.78 is 15.9.